The molecule has 0 aromatic carbocycles. The van der Waals surface area contributed by atoms with Crippen LogP contribution in [0.25, 0.3) is 0 Å². The smallest absolute Gasteiger partial charge is 0.204 e. The minimum atomic E-state index is 0.344. The van der Waals surface area contributed by atoms with Crippen molar-refractivity contribution < 1.29 is 4.74 Å². The summed E-state index contributed by atoms with van der Waals surface area (Å²) in [6, 6.07) is 1.78. The van der Waals surface area contributed by atoms with Gasteiger partial charge in [-0.25, -0.2) is 9.97 Å². The van der Waals surface area contributed by atoms with Crippen LogP contribution >= 0.6 is 0 Å². The van der Waals surface area contributed by atoms with E-state index in [2.05, 4.69) is 21.8 Å². The standard InChI is InChI=1S/C11H12N2O/c1-2-14-10-8-9(10)4-5-11-12-6-3-7-13-11/h3,6-7,9-10H,2,8H2,1H3/t9-,10-/m1/s1. The number of hydrogen-bond acceptors (Lipinski definition) is 3. The molecular weight excluding hydrogens is 176 g/mol. The molecule has 0 saturated heterocycles. The summed E-state index contributed by atoms with van der Waals surface area (Å²) in [6.07, 6.45) is 4.79. The van der Waals surface area contributed by atoms with Crippen molar-refractivity contribution in [1.82, 2.24) is 9.97 Å². The van der Waals surface area contributed by atoms with Gasteiger partial charge < -0.3 is 4.74 Å². The Balaban J connectivity index is 1.90. The van der Waals surface area contributed by atoms with Crippen LogP contribution in [-0.4, -0.2) is 22.7 Å². The van der Waals surface area contributed by atoms with Crippen LogP contribution in [0.5, 0.6) is 0 Å². The van der Waals surface area contributed by atoms with Crippen LogP contribution in [0, 0.1) is 17.8 Å². The van der Waals surface area contributed by atoms with Gasteiger partial charge in [0.2, 0.25) is 5.82 Å². The number of aromatic nitrogens is 2. The van der Waals surface area contributed by atoms with Gasteiger partial charge in [-0.15, -0.1) is 0 Å². The fourth-order valence-corrected chi connectivity index (χ4v) is 1.24. The molecule has 2 atom stereocenters. The average molecular weight is 188 g/mol. The second-order valence-electron chi connectivity index (χ2n) is 3.18. The van der Waals surface area contributed by atoms with E-state index in [1.54, 1.807) is 18.5 Å². The average Bonchev–Trinajstić information content (AvgIpc) is 2.96. The SMILES string of the molecule is CCO[C@@H]1C[C@H]1C#Cc1ncccn1. The first-order valence-electron chi connectivity index (χ1n) is 4.80. The predicted molar refractivity (Wildman–Crippen MR) is 52.4 cm³/mol. The molecule has 1 aliphatic rings. The van der Waals surface area contributed by atoms with E-state index in [1.807, 2.05) is 6.92 Å². The zero-order chi connectivity index (χ0) is 9.80. The van der Waals surface area contributed by atoms with Gasteiger partial charge in [-0.1, -0.05) is 5.92 Å². The first-order chi connectivity index (χ1) is 6.90. The van der Waals surface area contributed by atoms with Gasteiger partial charge in [0, 0.05) is 24.9 Å². The molecule has 3 nitrogen and oxygen atoms in total. The molecule has 0 aliphatic heterocycles. The third kappa shape index (κ3) is 2.30. The molecule has 0 amide bonds. The molecule has 1 heterocycles. The molecule has 14 heavy (non-hydrogen) atoms. The molecule has 1 aromatic rings. The van der Waals surface area contributed by atoms with Crippen molar-refractivity contribution in [3.8, 4) is 11.8 Å². The lowest BCUT2D eigenvalue weighted by Crippen LogP contribution is -1.94. The highest BCUT2D eigenvalue weighted by atomic mass is 16.5. The highest BCUT2D eigenvalue weighted by molar-refractivity contribution is 5.24. The summed E-state index contributed by atoms with van der Waals surface area (Å²) >= 11 is 0. The van der Waals surface area contributed by atoms with E-state index >= 15 is 0 Å². The highest BCUT2D eigenvalue weighted by Gasteiger charge is 2.36. The Morgan fingerprint density at radius 1 is 1.50 bits per heavy atom. The monoisotopic (exact) mass is 188 g/mol. The Morgan fingerprint density at radius 3 is 3.00 bits per heavy atom. The number of rotatable bonds is 2. The highest BCUT2D eigenvalue weighted by Crippen LogP contribution is 2.32. The van der Waals surface area contributed by atoms with Gasteiger partial charge in [0.25, 0.3) is 0 Å². The molecule has 3 heteroatoms. The molecule has 1 saturated carbocycles. The Labute approximate surface area is 83.5 Å². The Hall–Kier alpha value is -1.40. The molecule has 0 N–H and O–H groups in total. The molecule has 0 unspecified atom stereocenters. The van der Waals surface area contributed by atoms with Crippen molar-refractivity contribution in [1.29, 1.82) is 0 Å². The molecule has 0 radical (unpaired) electrons. The third-order valence-electron chi connectivity index (χ3n) is 2.05. The Bertz CT molecular complexity index is 353. The van der Waals surface area contributed by atoms with E-state index in [0.717, 1.165) is 13.0 Å². The van der Waals surface area contributed by atoms with E-state index in [0.29, 0.717) is 17.8 Å². The van der Waals surface area contributed by atoms with Gasteiger partial charge in [0.15, 0.2) is 0 Å². The molecule has 1 aromatic heterocycles. The van der Waals surface area contributed by atoms with Gasteiger partial charge in [-0.05, 0) is 25.3 Å². The van der Waals surface area contributed by atoms with Gasteiger partial charge in [-0.2, -0.15) is 0 Å². The van der Waals surface area contributed by atoms with Gasteiger partial charge in [-0.3, -0.25) is 0 Å². The van der Waals surface area contributed by atoms with Crippen LogP contribution in [0.4, 0.5) is 0 Å². The first-order valence-corrected chi connectivity index (χ1v) is 4.80. The van der Waals surface area contributed by atoms with Crippen LogP contribution in [-0.2, 0) is 4.74 Å². The van der Waals surface area contributed by atoms with E-state index < -0.39 is 0 Å². The molecule has 0 spiro atoms. The summed E-state index contributed by atoms with van der Waals surface area (Å²) in [6.45, 7) is 2.77. The van der Waals surface area contributed by atoms with Crippen molar-refractivity contribution in [2.75, 3.05) is 6.61 Å². The first kappa shape index (κ1) is 9.17. The molecule has 1 fully saturated rings. The Kier molecular flexibility index (Phi) is 2.76. The zero-order valence-electron chi connectivity index (χ0n) is 8.10. The normalized spacial score (nSPS) is 23.8. The lowest BCUT2D eigenvalue weighted by atomic mass is 10.4. The maximum Gasteiger partial charge on any atom is 0.204 e. The van der Waals surface area contributed by atoms with Crippen LogP contribution in [0.3, 0.4) is 0 Å². The molecule has 2 rings (SSSR count). The lowest BCUT2D eigenvalue weighted by Gasteiger charge is -1.92. The number of nitrogens with zero attached hydrogens (tertiary/aromatic N) is 2. The summed E-state index contributed by atoms with van der Waals surface area (Å²) in [5, 5.41) is 0. The van der Waals surface area contributed by atoms with Crippen LogP contribution in [0.1, 0.15) is 19.2 Å². The van der Waals surface area contributed by atoms with E-state index in [4.69, 9.17) is 4.74 Å². The molecule has 72 valence electrons. The lowest BCUT2D eigenvalue weighted by molar-refractivity contribution is 0.127. The predicted octanol–water partition coefficient (Wildman–Crippen LogP) is 1.25. The van der Waals surface area contributed by atoms with Gasteiger partial charge in [0.1, 0.15) is 0 Å². The van der Waals surface area contributed by atoms with Crippen molar-refractivity contribution in [3.63, 3.8) is 0 Å². The fraction of sp³-hybridized carbons (Fsp3) is 0.455. The van der Waals surface area contributed by atoms with Crippen LogP contribution < -0.4 is 0 Å². The van der Waals surface area contributed by atoms with Crippen LogP contribution in [0.15, 0.2) is 18.5 Å². The molecule has 1 aliphatic carbocycles. The van der Waals surface area contributed by atoms with E-state index in [-0.39, 0.29) is 0 Å². The third-order valence-corrected chi connectivity index (χ3v) is 2.05. The topological polar surface area (TPSA) is 35.0 Å². The molecular formula is C11H12N2O. The van der Waals surface area contributed by atoms with Crippen molar-refractivity contribution in [3.05, 3.63) is 24.3 Å². The number of ether oxygens (including phenoxy) is 1. The zero-order valence-corrected chi connectivity index (χ0v) is 8.10. The largest absolute Gasteiger partial charge is 0.377 e. The van der Waals surface area contributed by atoms with Crippen molar-refractivity contribution >= 4 is 0 Å². The van der Waals surface area contributed by atoms with E-state index in [1.165, 1.54) is 0 Å². The Morgan fingerprint density at radius 2 is 2.29 bits per heavy atom. The maximum atomic E-state index is 5.41. The summed E-state index contributed by atoms with van der Waals surface area (Å²) < 4.78 is 5.41. The van der Waals surface area contributed by atoms with Gasteiger partial charge >= 0.3 is 0 Å². The van der Waals surface area contributed by atoms with Gasteiger partial charge in [0.05, 0.1) is 6.10 Å². The quantitative estimate of drug-likeness (QED) is 0.655. The summed E-state index contributed by atoms with van der Waals surface area (Å²) in [5.41, 5.74) is 0. The fourth-order valence-electron chi connectivity index (χ4n) is 1.24. The summed E-state index contributed by atoms with van der Waals surface area (Å²) in [7, 11) is 0. The van der Waals surface area contributed by atoms with E-state index in [9.17, 15) is 0 Å². The van der Waals surface area contributed by atoms with Crippen molar-refractivity contribution in [2.24, 2.45) is 5.92 Å². The maximum absolute atomic E-state index is 5.41. The summed E-state index contributed by atoms with van der Waals surface area (Å²) in [4.78, 5) is 8.05. The number of hydrogen-bond donors (Lipinski definition) is 0. The van der Waals surface area contributed by atoms with Crippen molar-refractivity contribution in [2.45, 2.75) is 19.4 Å². The second kappa shape index (κ2) is 4.21. The minimum Gasteiger partial charge on any atom is -0.377 e. The molecule has 0 bridgehead atoms. The second-order valence-corrected chi connectivity index (χ2v) is 3.18. The minimum absolute atomic E-state index is 0.344. The van der Waals surface area contributed by atoms with Crippen LogP contribution in [0.2, 0.25) is 0 Å². The summed E-state index contributed by atoms with van der Waals surface area (Å²) in [5.74, 6) is 7.03.